The summed E-state index contributed by atoms with van der Waals surface area (Å²) in [7, 11) is 0. The topological polar surface area (TPSA) is 46.5 Å². The summed E-state index contributed by atoms with van der Waals surface area (Å²) in [6.45, 7) is 0.422. The second-order valence-corrected chi connectivity index (χ2v) is 4.54. The molecular formula is C11H10BrFO3. The van der Waals surface area contributed by atoms with Gasteiger partial charge in [0, 0.05) is 11.1 Å². The molecule has 0 amide bonds. The number of rotatable bonds is 2. The second-order valence-electron chi connectivity index (χ2n) is 3.69. The van der Waals surface area contributed by atoms with Gasteiger partial charge in [-0.05, 0) is 24.1 Å². The first-order valence-electron chi connectivity index (χ1n) is 4.89. The van der Waals surface area contributed by atoms with Gasteiger partial charge < -0.3 is 9.84 Å². The van der Waals surface area contributed by atoms with E-state index in [2.05, 4.69) is 15.9 Å². The Balaban J connectivity index is 2.32. The molecule has 0 aliphatic carbocycles. The molecule has 0 spiro atoms. The van der Waals surface area contributed by atoms with E-state index in [4.69, 9.17) is 9.84 Å². The lowest BCUT2D eigenvalue weighted by Crippen LogP contribution is -2.17. The Labute approximate surface area is 100 Å². The first-order valence-corrected chi connectivity index (χ1v) is 5.68. The SMILES string of the molecule is O=C(O)C1CCOC1c1ccc(F)cc1Br. The summed E-state index contributed by atoms with van der Waals surface area (Å²) >= 11 is 3.22. The molecule has 1 aromatic carbocycles. The van der Waals surface area contributed by atoms with E-state index in [-0.39, 0.29) is 5.82 Å². The number of ether oxygens (including phenoxy) is 1. The van der Waals surface area contributed by atoms with Crippen LogP contribution in [0.4, 0.5) is 4.39 Å². The van der Waals surface area contributed by atoms with E-state index in [1.165, 1.54) is 12.1 Å². The van der Waals surface area contributed by atoms with Gasteiger partial charge in [0.2, 0.25) is 0 Å². The smallest absolute Gasteiger partial charge is 0.309 e. The molecule has 1 aromatic rings. The molecule has 0 saturated carbocycles. The van der Waals surface area contributed by atoms with E-state index >= 15 is 0 Å². The Bertz CT molecular complexity index is 422. The van der Waals surface area contributed by atoms with Crippen LogP contribution < -0.4 is 0 Å². The first-order chi connectivity index (χ1) is 7.59. The van der Waals surface area contributed by atoms with E-state index in [1.807, 2.05) is 0 Å². The van der Waals surface area contributed by atoms with Crippen LogP contribution in [0.1, 0.15) is 18.1 Å². The van der Waals surface area contributed by atoms with Crippen molar-refractivity contribution in [3.63, 3.8) is 0 Å². The van der Waals surface area contributed by atoms with Crippen molar-refractivity contribution in [2.24, 2.45) is 5.92 Å². The fourth-order valence-electron chi connectivity index (χ4n) is 1.88. The van der Waals surface area contributed by atoms with Crippen molar-refractivity contribution in [2.75, 3.05) is 6.61 Å². The summed E-state index contributed by atoms with van der Waals surface area (Å²) in [6, 6.07) is 4.18. The molecule has 16 heavy (non-hydrogen) atoms. The van der Waals surface area contributed by atoms with Gasteiger partial charge in [0.1, 0.15) is 5.82 Å². The van der Waals surface area contributed by atoms with Crippen LogP contribution >= 0.6 is 15.9 Å². The summed E-state index contributed by atoms with van der Waals surface area (Å²) in [4.78, 5) is 11.0. The zero-order valence-electron chi connectivity index (χ0n) is 8.32. The van der Waals surface area contributed by atoms with Gasteiger partial charge in [0.15, 0.2) is 0 Å². The molecule has 1 N–H and O–H groups in total. The first kappa shape index (κ1) is 11.5. The van der Waals surface area contributed by atoms with Gasteiger partial charge in [-0.1, -0.05) is 22.0 Å². The van der Waals surface area contributed by atoms with Crippen LogP contribution in [0.2, 0.25) is 0 Å². The van der Waals surface area contributed by atoms with Crippen LogP contribution in [0.3, 0.4) is 0 Å². The molecule has 1 heterocycles. The van der Waals surface area contributed by atoms with Gasteiger partial charge in [0.25, 0.3) is 0 Å². The van der Waals surface area contributed by atoms with Gasteiger partial charge in [-0.25, -0.2) is 4.39 Å². The third-order valence-electron chi connectivity index (χ3n) is 2.68. The van der Waals surface area contributed by atoms with Crippen molar-refractivity contribution in [1.82, 2.24) is 0 Å². The minimum absolute atomic E-state index is 0.361. The largest absolute Gasteiger partial charge is 0.481 e. The van der Waals surface area contributed by atoms with Crippen LogP contribution in [0, 0.1) is 11.7 Å². The highest BCUT2D eigenvalue weighted by Crippen LogP contribution is 2.38. The molecule has 0 bridgehead atoms. The Hall–Kier alpha value is -0.940. The Morgan fingerprint density at radius 1 is 1.56 bits per heavy atom. The summed E-state index contributed by atoms with van der Waals surface area (Å²) in [6.07, 6.45) is -0.00318. The van der Waals surface area contributed by atoms with Crippen molar-refractivity contribution in [2.45, 2.75) is 12.5 Å². The molecule has 1 aliphatic heterocycles. The lowest BCUT2D eigenvalue weighted by molar-refractivity contribution is -0.143. The van der Waals surface area contributed by atoms with Crippen LogP contribution in [0.5, 0.6) is 0 Å². The summed E-state index contributed by atoms with van der Waals surface area (Å²) in [5.74, 6) is -1.79. The summed E-state index contributed by atoms with van der Waals surface area (Å²) in [5.41, 5.74) is 0.686. The number of hydrogen-bond donors (Lipinski definition) is 1. The monoisotopic (exact) mass is 288 g/mol. The highest BCUT2D eigenvalue weighted by atomic mass is 79.9. The highest BCUT2D eigenvalue weighted by molar-refractivity contribution is 9.10. The number of hydrogen-bond acceptors (Lipinski definition) is 2. The maximum Gasteiger partial charge on any atom is 0.309 e. The van der Waals surface area contributed by atoms with Gasteiger partial charge in [-0.2, -0.15) is 0 Å². The molecule has 1 saturated heterocycles. The van der Waals surface area contributed by atoms with Crippen LogP contribution in [0.15, 0.2) is 22.7 Å². The molecular weight excluding hydrogens is 279 g/mol. The fourth-order valence-corrected chi connectivity index (χ4v) is 2.46. The molecule has 0 radical (unpaired) electrons. The average Bonchev–Trinajstić information content (AvgIpc) is 2.66. The standard InChI is InChI=1S/C11H10BrFO3/c12-9-5-6(13)1-2-7(9)10-8(11(14)15)3-4-16-10/h1-2,5,8,10H,3-4H2,(H,14,15). The van der Waals surface area contributed by atoms with E-state index < -0.39 is 18.0 Å². The van der Waals surface area contributed by atoms with E-state index in [1.54, 1.807) is 6.07 Å². The van der Waals surface area contributed by atoms with Crippen LogP contribution in [0.25, 0.3) is 0 Å². The molecule has 3 nitrogen and oxygen atoms in total. The van der Waals surface area contributed by atoms with Gasteiger partial charge in [0.05, 0.1) is 12.0 Å². The van der Waals surface area contributed by atoms with Crippen molar-refractivity contribution >= 4 is 21.9 Å². The number of carboxylic acid groups (broad SMARTS) is 1. The molecule has 1 fully saturated rings. The maximum absolute atomic E-state index is 12.9. The Morgan fingerprint density at radius 2 is 2.31 bits per heavy atom. The normalized spacial score (nSPS) is 24.6. The number of halogens is 2. The van der Waals surface area contributed by atoms with Gasteiger partial charge >= 0.3 is 5.97 Å². The predicted octanol–water partition coefficient (Wildman–Crippen LogP) is 2.75. The number of carboxylic acids is 1. The average molecular weight is 289 g/mol. The van der Waals surface area contributed by atoms with Gasteiger partial charge in [-0.15, -0.1) is 0 Å². The molecule has 2 unspecified atom stereocenters. The predicted molar refractivity (Wildman–Crippen MR) is 58.5 cm³/mol. The third-order valence-corrected chi connectivity index (χ3v) is 3.36. The molecule has 5 heteroatoms. The highest BCUT2D eigenvalue weighted by Gasteiger charge is 2.36. The van der Waals surface area contributed by atoms with E-state index in [9.17, 15) is 9.18 Å². The quantitative estimate of drug-likeness (QED) is 0.910. The zero-order chi connectivity index (χ0) is 11.7. The van der Waals surface area contributed by atoms with Crippen LogP contribution in [-0.4, -0.2) is 17.7 Å². The van der Waals surface area contributed by atoms with Crippen molar-refractivity contribution in [1.29, 1.82) is 0 Å². The number of carbonyl (C=O) groups is 1. The molecule has 0 aromatic heterocycles. The van der Waals surface area contributed by atoms with Crippen molar-refractivity contribution < 1.29 is 19.0 Å². The Morgan fingerprint density at radius 3 is 2.94 bits per heavy atom. The third kappa shape index (κ3) is 2.10. The minimum Gasteiger partial charge on any atom is -0.481 e. The van der Waals surface area contributed by atoms with Crippen LogP contribution in [-0.2, 0) is 9.53 Å². The Kier molecular flexibility index (Phi) is 3.25. The lowest BCUT2D eigenvalue weighted by atomic mass is 9.95. The lowest BCUT2D eigenvalue weighted by Gasteiger charge is -2.16. The summed E-state index contributed by atoms with van der Waals surface area (Å²) in [5, 5.41) is 9.02. The van der Waals surface area contributed by atoms with Crippen molar-refractivity contribution in [3.05, 3.63) is 34.1 Å². The van der Waals surface area contributed by atoms with E-state index in [0.29, 0.717) is 23.1 Å². The number of aliphatic carboxylic acids is 1. The second kappa shape index (κ2) is 4.51. The molecule has 2 rings (SSSR count). The minimum atomic E-state index is -0.876. The molecule has 86 valence electrons. The summed E-state index contributed by atoms with van der Waals surface area (Å²) < 4.78 is 18.9. The van der Waals surface area contributed by atoms with Gasteiger partial charge in [-0.3, -0.25) is 4.79 Å². The maximum atomic E-state index is 12.9. The fraction of sp³-hybridized carbons (Fsp3) is 0.364. The van der Waals surface area contributed by atoms with Crippen molar-refractivity contribution in [3.8, 4) is 0 Å². The van der Waals surface area contributed by atoms with E-state index in [0.717, 1.165) is 0 Å². The molecule has 2 atom stereocenters. The zero-order valence-corrected chi connectivity index (χ0v) is 9.91. The number of benzene rings is 1. The molecule has 1 aliphatic rings.